The normalized spacial score (nSPS) is 32.7. The number of hydroxylamine groups is 2. The molecule has 11 heteroatoms. The Hall–Kier alpha value is -2.21. The van der Waals surface area contributed by atoms with E-state index in [9.17, 15) is 23.1 Å². The highest BCUT2D eigenvalue weighted by molar-refractivity contribution is 7.82. The number of benzene rings is 1. The standard InChI is InChI=1S/C15H17NO9S/c1-9-11-12(24-26(20,21)23-11)15(2,13(17)18)25-16(9)14(19)22-8-10-6-4-3-5-7-10/h3-7,9,11-12H,8H2,1-2H3,(H,17,18)/t9-,11-,12+,15-/m1/s1. The lowest BCUT2D eigenvalue weighted by Crippen LogP contribution is -2.67. The van der Waals surface area contributed by atoms with Gasteiger partial charge in [0, 0.05) is 0 Å². The maximum atomic E-state index is 12.4. The van der Waals surface area contributed by atoms with Crippen molar-refractivity contribution in [2.24, 2.45) is 0 Å². The fourth-order valence-electron chi connectivity index (χ4n) is 2.75. The Bertz CT molecular complexity index is 812. The van der Waals surface area contributed by atoms with E-state index in [-0.39, 0.29) is 6.61 Å². The molecule has 2 heterocycles. The number of carbonyl (C=O) groups excluding carboxylic acids is 1. The van der Waals surface area contributed by atoms with Crippen molar-refractivity contribution in [3.63, 3.8) is 0 Å². The molecule has 2 fully saturated rings. The van der Waals surface area contributed by atoms with E-state index in [0.29, 0.717) is 10.6 Å². The van der Waals surface area contributed by atoms with Gasteiger partial charge in [-0.1, -0.05) is 30.3 Å². The molecule has 1 aromatic carbocycles. The van der Waals surface area contributed by atoms with Gasteiger partial charge in [0.15, 0.2) is 6.10 Å². The van der Waals surface area contributed by atoms with Crippen LogP contribution in [0.15, 0.2) is 30.3 Å². The molecule has 1 N–H and O–H groups in total. The summed E-state index contributed by atoms with van der Waals surface area (Å²) in [7, 11) is -4.39. The van der Waals surface area contributed by atoms with Crippen LogP contribution in [0.5, 0.6) is 0 Å². The van der Waals surface area contributed by atoms with E-state index < -0.39 is 46.3 Å². The zero-order valence-electron chi connectivity index (χ0n) is 13.9. The number of hydrogen-bond acceptors (Lipinski definition) is 8. The molecule has 142 valence electrons. The highest BCUT2D eigenvalue weighted by atomic mass is 32.3. The predicted molar refractivity (Wildman–Crippen MR) is 83.7 cm³/mol. The number of carbonyl (C=O) groups is 2. The molecule has 0 unspecified atom stereocenters. The maximum Gasteiger partial charge on any atom is 0.434 e. The number of amides is 1. The molecule has 2 aliphatic heterocycles. The maximum absolute atomic E-state index is 12.4. The number of rotatable bonds is 3. The molecule has 3 rings (SSSR count). The first-order chi connectivity index (χ1) is 12.1. The van der Waals surface area contributed by atoms with Crippen molar-refractivity contribution in [3.8, 4) is 0 Å². The van der Waals surface area contributed by atoms with Crippen molar-refractivity contribution in [2.45, 2.75) is 44.3 Å². The number of aliphatic carboxylic acids is 1. The van der Waals surface area contributed by atoms with Gasteiger partial charge in [-0.15, -0.1) is 0 Å². The van der Waals surface area contributed by atoms with Gasteiger partial charge in [0.05, 0.1) is 6.04 Å². The summed E-state index contributed by atoms with van der Waals surface area (Å²) in [6.45, 7) is 2.47. The summed E-state index contributed by atoms with van der Waals surface area (Å²) in [5, 5.41) is 10.1. The first kappa shape index (κ1) is 18.6. The first-order valence-corrected chi connectivity index (χ1v) is 9.01. The summed E-state index contributed by atoms with van der Waals surface area (Å²) in [6, 6.07) is 7.86. The van der Waals surface area contributed by atoms with Crippen LogP contribution in [0.25, 0.3) is 0 Å². The molecule has 0 spiro atoms. The van der Waals surface area contributed by atoms with Crippen LogP contribution in [-0.2, 0) is 39.7 Å². The molecule has 0 aliphatic carbocycles. The fourth-order valence-corrected chi connectivity index (χ4v) is 3.88. The summed E-state index contributed by atoms with van der Waals surface area (Å²) in [4.78, 5) is 29.3. The molecule has 0 radical (unpaired) electrons. The Kier molecular flexibility index (Phi) is 4.65. The molecule has 1 amide bonds. The van der Waals surface area contributed by atoms with Crippen LogP contribution in [0.3, 0.4) is 0 Å². The molecular weight excluding hydrogens is 370 g/mol. The minimum Gasteiger partial charge on any atom is -0.479 e. The second kappa shape index (κ2) is 6.50. The van der Waals surface area contributed by atoms with E-state index in [1.54, 1.807) is 30.3 Å². The highest BCUT2D eigenvalue weighted by Gasteiger charge is 2.64. The number of fused-ring (bicyclic) bond motifs is 1. The van der Waals surface area contributed by atoms with Gasteiger partial charge in [0.2, 0.25) is 5.60 Å². The third-order valence-electron chi connectivity index (χ3n) is 4.23. The van der Waals surface area contributed by atoms with E-state index >= 15 is 0 Å². The first-order valence-electron chi connectivity index (χ1n) is 7.68. The van der Waals surface area contributed by atoms with Gasteiger partial charge < -0.3 is 9.84 Å². The molecule has 26 heavy (non-hydrogen) atoms. The summed E-state index contributed by atoms with van der Waals surface area (Å²) in [5.41, 5.74) is -1.45. The minimum absolute atomic E-state index is 0.0697. The second-order valence-corrected chi connectivity index (χ2v) is 7.30. The Balaban J connectivity index is 1.81. The number of carboxylic acid groups (broad SMARTS) is 1. The van der Waals surface area contributed by atoms with Crippen LogP contribution in [-0.4, -0.2) is 54.5 Å². The Labute approximate surface area is 149 Å². The summed E-state index contributed by atoms with van der Waals surface area (Å²) in [5.74, 6) is -1.51. The molecule has 0 saturated carbocycles. The van der Waals surface area contributed by atoms with Gasteiger partial charge in [0.25, 0.3) is 0 Å². The average molecular weight is 387 g/mol. The van der Waals surface area contributed by atoms with Gasteiger partial charge in [-0.25, -0.2) is 22.8 Å². The number of nitrogens with zero attached hydrogens (tertiary/aromatic N) is 1. The van der Waals surface area contributed by atoms with Crippen LogP contribution in [0, 0.1) is 0 Å². The van der Waals surface area contributed by atoms with Crippen molar-refractivity contribution in [3.05, 3.63) is 35.9 Å². The number of hydrogen-bond donors (Lipinski definition) is 1. The van der Waals surface area contributed by atoms with Crippen LogP contribution >= 0.6 is 0 Å². The van der Waals surface area contributed by atoms with Gasteiger partial charge in [-0.3, -0.25) is 0 Å². The van der Waals surface area contributed by atoms with E-state index in [0.717, 1.165) is 6.92 Å². The van der Waals surface area contributed by atoms with Crippen LogP contribution in [0.2, 0.25) is 0 Å². The summed E-state index contributed by atoms with van der Waals surface area (Å²) < 4.78 is 37.9. The summed E-state index contributed by atoms with van der Waals surface area (Å²) >= 11 is 0. The van der Waals surface area contributed by atoms with Crippen molar-refractivity contribution in [1.29, 1.82) is 0 Å². The van der Waals surface area contributed by atoms with E-state index in [4.69, 9.17) is 17.9 Å². The third kappa shape index (κ3) is 3.26. The molecule has 4 atom stereocenters. The molecule has 2 aliphatic rings. The molecule has 1 aromatic rings. The Morgan fingerprint density at radius 1 is 1.27 bits per heavy atom. The molecule has 0 aromatic heterocycles. The molecule has 2 saturated heterocycles. The van der Waals surface area contributed by atoms with Crippen molar-refractivity contribution >= 4 is 22.5 Å². The topological polar surface area (TPSA) is 129 Å². The van der Waals surface area contributed by atoms with Crippen LogP contribution in [0.4, 0.5) is 4.79 Å². The molecular formula is C15H17NO9S. The number of ether oxygens (including phenoxy) is 1. The zero-order chi connectivity index (χ0) is 19.1. The molecule has 10 nitrogen and oxygen atoms in total. The fraction of sp³-hybridized carbons (Fsp3) is 0.467. The SMILES string of the molecule is C[C@@H]1[C@H]2OS(=O)(=O)O[C@@H]2[C@](C)(C(=O)O)ON1C(=O)OCc1ccccc1. The van der Waals surface area contributed by atoms with Gasteiger partial charge in [-0.2, -0.15) is 13.5 Å². The smallest absolute Gasteiger partial charge is 0.434 e. The zero-order valence-corrected chi connectivity index (χ0v) is 14.7. The average Bonchev–Trinajstić information content (AvgIpc) is 2.93. The monoisotopic (exact) mass is 387 g/mol. The van der Waals surface area contributed by atoms with Crippen molar-refractivity contribution in [1.82, 2.24) is 5.06 Å². The highest BCUT2D eigenvalue weighted by Crippen LogP contribution is 2.40. The lowest BCUT2D eigenvalue weighted by atomic mass is 9.89. The number of carboxylic acids is 1. The predicted octanol–water partition coefficient (Wildman–Crippen LogP) is 0.831. The minimum atomic E-state index is -4.39. The van der Waals surface area contributed by atoms with E-state index in [1.165, 1.54) is 6.92 Å². The van der Waals surface area contributed by atoms with E-state index in [2.05, 4.69) is 0 Å². The lowest BCUT2D eigenvalue weighted by molar-refractivity contribution is -0.299. The second-order valence-electron chi connectivity index (χ2n) is 6.10. The van der Waals surface area contributed by atoms with Gasteiger partial charge >= 0.3 is 22.5 Å². The lowest BCUT2D eigenvalue weighted by Gasteiger charge is -2.44. The van der Waals surface area contributed by atoms with Crippen LogP contribution in [0.1, 0.15) is 19.4 Å². The Morgan fingerprint density at radius 3 is 2.54 bits per heavy atom. The summed E-state index contributed by atoms with van der Waals surface area (Å²) in [6.07, 6.45) is -3.67. The van der Waals surface area contributed by atoms with Gasteiger partial charge in [0.1, 0.15) is 12.7 Å². The quantitative estimate of drug-likeness (QED) is 0.801. The third-order valence-corrected chi connectivity index (χ3v) is 5.14. The van der Waals surface area contributed by atoms with Crippen LogP contribution < -0.4 is 0 Å². The van der Waals surface area contributed by atoms with E-state index in [1.807, 2.05) is 0 Å². The molecule has 0 bridgehead atoms. The van der Waals surface area contributed by atoms with Gasteiger partial charge in [-0.05, 0) is 19.4 Å². The van der Waals surface area contributed by atoms with Crippen molar-refractivity contribution in [2.75, 3.05) is 0 Å². The Morgan fingerprint density at radius 2 is 1.92 bits per heavy atom. The largest absolute Gasteiger partial charge is 0.479 e. The van der Waals surface area contributed by atoms with Crippen molar-refractivity contribution < 1.29 is 41.1 Å².